The molecule has 0 aliphatic heterocycles. The molecule has 2 aromatic heterocycles. The predicted octanol–water partition coefficient (Wildman–Crippen LogP) is 0.289. The van der Waals surface area contributed by atoms with Crippen LogP contribution in [0, 0.1) is 17.0 Å². The van der Waals surface area contributed by atoms with Crippen molar-refractivity contribution in [3.05, 3.63) is 61.0 Å². The fourth-order valence-corrected chi connectivity index (χ4v) is 2.73. The molecule has 0 radical (unpaired) electrons. The van der Waals surface area contributed by atoms with Gasteiger partial charge in [0.1, 0.15) is 6.54 Å². The van der Waals surface area contributed by atoms with Crippen LogP contribution in [0.5, 0.6) is 0 Å². The fourth-order valence-electron chi connectivity index (χ4n) is 2.73. The number of anilines is 1. The second-order valence-electron chi connectivity index (χ2n) is 6.07. The van der Waals surface area contributed by atoms with Crippen LogP contribution in [-0.4, -0.2) is 29.5 Å². The van der Waals surface area contributed by atoms with E-state index in [4.69, 9.17) is 0 Å². The fraction of sp³-hybridized carbons (Fsp3) is 0.250. The Labute approximate surface area is 151 Å². The molecule has 1 amide bonds. The highest BCUT2D eigenvalue weighted by Gasteiger charge is 2.18. The Kier molecular flexibility index (Phi) is 4.35. The van der Waals surface area contributed by atoms with Gasteiger partial charge in [-0.05, 0) is 12.5 Å². The maximum absolute atomic E-state index is 12.6. The van der Waals surface area contributed by atoms with Crippen LogP contribution in [0.15, 0.2) is 34.1 Å². The van der Waals surface area contributed by atoms with Crippen molar-refractivity contribution in [2.24, 2.45) is 14.1 Å². The third-order valence-electron chi connectivity index (χ3n) is 4.21. The number of carbonyl (C=O) groups excluding carboxylic acids is 1. The Morgan fingerprint density at radius 3 is 2.67 bits per heavy atom. The minimum Gasteiger partial charge on any atom is -0.328 e. The van der Waals surface area contributed by atoms with Crippen molar-refractivity contribution in [3.63, 3.8) is 0 Å². The van der Waals surface area contributed by atoms with Gasteiger partial charge in [-0.15, -0.1) is 0 Å². The maximum atomic E-state index is 12.6. The van der Waals surface area contributed by atoms with Gasteiger partial charge < -0.3 is 9.88 Å². The zero-order valence-corrected chi connectivity index (χ0v) is 14.8. The summed E-state index contributed by atoms with van der Waals surface area (Å²) in [7, 11) is 3.06. The average Bonchev–Trinajstić information content (AvgIpc) is 3.00. The first kappa shape index (κ1) is 18.0. The molecule has 0 aliphatic rings. The van der Waals surface area contributed by atoms with Crippen molar-refractivity contribution < 1.29 is 9.72 Å². The number of aryl methyl sites for hydroxylation is 3. The Bertz CT molecular complexity index is 1200. The molecule has 0 spiro atoms. The molecule has 0 atom stereocenters. The number of nitro groups is 1. The summed E-state index contributed by atoms with van der Waals surface area (Å²) in [6.45, 7) is 1.14. The minimum atomic E-state index is -0.683. The molecular weight excluding hydrogens is 356 g/mol. The summed E-state index contributed by atoms with van der Waals surface area (Å²) in [5.41, 5.74) is -0.247. The quantitative estimate of drug-likeness (QED) is 0.517. The molecule has 0 bridgehead atoms. The number of nitrogens with one attached hydrogen (secondary N) is 1. The van der Waals surface area contributed by atoms with Crippen molar-refractivity contribution in [1.29, 1.82) is 0 Å². The van der Waals surface area contributed by atoms with E-state index in [1.807, 2.05) is 0 Å². The molecule has 0 aliphatic carbocycles. The molecule has 1 aromatic carbocycles. The van der Waals surface area contributed by atoms with Gasteiger partial charge >= 0.3 is 5.69 Å². The van der Waals surface area contributed by atoms with Gasteiger partial charge in [0.05, 0.1) is 16.9 Å². The Balaban J connectivity index is 1.97. The predicted molar refractivity (Wildman–Crippen MR) is 96.7 cm³/mol. The number of amides is 1. The molecule has 3 rings (SSSR count). The van der Waals surface area contributed by atoms with E-state index >= 15 is 0 Å². The Morgan fingerprint density at radius 2 is 2.00 bits per heavy atom. The topological polar surface area (TPSA) is 134 Å². The monoisotopic (exact) mass is 372 g/mol. The summed E-state index contributed by atoms with van der Waals surface area (Å²) in [6, 6.07) is 4.04. The highest BCUT2D eigenvalue weighted by atomic mass is 16.6. The van der Waals surface area contributed by atoms with Crippen molar-refractivity contribution >= 4 is 28.4 Å². The van der Waals surface area contributed by atoms with E-state index in [0.29, 0.717) is 5.56 Å². The van der Waals surface area contributed by atoms with Crippen molar-refractivity contribution in [1.82, 2.24) is 18.7 Å². The summed E-state index contributed by atoms with van der Waals surface area (Å²) in [5.74, 6) is -0.653. The largest absolute Gasteiger partial charge is 0.332 e. The molecule has 27 heavy (non-hydrogen) atoms. The number of nitro benzene ring substituents is 1. The van der Waals surface area contributed by atoms with Crippen molar-refractivity contribution in [2.45, 2.75) is 13.5 Å². The van der Waals surface area contributed by atoms with Crippen LogP contribution in [0.4, 0.5) is 11.4 Å². The summed E-state index contributed by atoms with van der Waals surface area (Å²) >= 11 is 0. The highest BCUT2D eigenvalue weighted by molar-refractivity contribution is 5.91. The average molecular weight is 372 g/mol. The lowest BCUT2D eigenvalue weighted by atomic mass is 10.2. The summed E-state index contributed by atoms with van der Waals surface area (Å²) in [6.07, 6.45) is 1.41. The second-order valence-corrected chi connectivity index (χ2v) is 6.07. The number of benzene rings is 1. The number of fused-ring (bicyclic) bond motifs is 1. The zero-order valence-electron chi connectivity index (χ0n) is 14.8. The minimum absolute atomic E-state index is 0.180. The van der Waals surface area contributed by atoms with Crippen LogP contribution in [0.25, 0.3) is 11.2 Å². The number of hydrogen-bond acceptors (Lipinski definition) is 6. The Morgan fingerprint density at radius 1 is 1.30 bits per heavy atom. The van der Waals surface area contributed by atoms with Crippen LogP contribution in [-0.2, 0) is 25.4 Å². The van der Waals surface area contributed by atoms with E-state index in [1.54, 1.807) is 14.0 Å². The standard InChI is InChI=1S/C16H16N6O5/c1-9-4-5-10(22(26)27)6-11(9)18-12(23)7-21-15(24)13-14(17-8-19(13)2)20(3)16(21)25/h4-6,8H,7H2,1-3H3,(H,18,23). The molecule has 2 heterocycles. The van der Waals surface area contributed by atoms with Gasteiger partial charge in [-0.2, -0.15) is 0 Å². The summed E-state index contributed by atoms with van der Waals surface area (Å²) < 4.78 is 3.45. The van der Waals surface area contributed by atoms with Crippen molar-refractivity contribution in [2.75, 3.05) is 5.32 Å². The van der Waals surface area contributed by atoms with Crippen LogP contribution in [0.3, 0.4) is 0 Å². The lowest BCUT2D eigenvalue weighted by Crippen LogP contribution is -2.42. The van der Waals surface area contributed by atoms with Gasteiger partial charge in [-0.3, -0.25) is 24.3 Å². The maximum Gasteiger partial charge on any atom is 0.332 e. The van der Waals surface area contributed by atoms with Gasteiger partial charge in [-0.25, -0.2) is 14.3 Å². The summed E-state index contributed by atoms with van der Waals surface area (Å²) in [5, 5.41) is 13.4. The van der Waals surface area contributed by atoms with Crippen molar-refractivity contribution in [3.8, 4) is 0 Å². The first-order valence-corrected chi connectivity index (χ1v) is 7.86. The van der Waals surface area contributed by atoms with Crippen LogP contribution in [0.2, 0.25) is 0 Å². The molecule has 11 nitrogen and oxygen atoms in total. The SMILES string of the molecule is Cc1ccc([N+](=O)[O-])cc1NC(=O)Cn1c(=O)c2c(ncn2C)n(C)c1=O. The number of non-ortho nitro benzene ring substituents is 1. The van der Waals surface area contributed by atoms with Gasteiger partial charge in [-0.1, -0.05) is 6.07 Å². The molecule has 0 saturated carbocycles. The van der Waals surface area contributed by atoms with Gasteiger partial charge in [0.25, 0.3) is 11.2 Å². The smallest absolute Gasteiger partial charge is 0.328 e. The van der Waals surface area contributed by atoms with E-state index in [2.05, 4.69) is 10.3 Å². The molecule has 0 fully saturated rings. The third-order valence-corrected chi connectivity index (χ3v) is 4.21. The van der Waals surface area contributed by atoms with Gasteiger partial charge in [0.2, 0.25) is 5.91 Å². The second kappa shape index (κ2) is 6.52. The lowest BCUT2D eigenvalue weighted by molar-refractivity contribution is -0.384. The van der Waals surface area contributed by atoms with E-state index in [1.165, 1.54) is 40.7 Å². The first-order chi connectivity index (χ1) is 12.7. The van der Waals surface area contributed by atoms with E-state index in [0.717, 1.165) is 4.57 Å². The number of rotatable bonds is 4. The zero-order chi connectivity index (χ0) is 19.9. The molecule has 1 N–H and O–H groups in total. The molecular formula is C16H16N6O5. The third kappa shape index (κ3) is 3.10. The van der Waals surface area contributed by atoms with Gasteiger partial charge in [0, 0.05) is 26.2 Å². The number of hydrogen-bond donors (Lipinski definition) is 1. The van der Waals surface area contributed by atoms with Crippen LogP contribution < -0.4 is 16.6 Å². The van der Waals surface area contributed by atoms with E-state index < -0.39 is 28.6 Å². The number of nitrogens with zero attached hydrogens (tertiary/aromatic N) is 5. The Hall–Kier alpha value is -3.76. The van der Waals surface area contributed by atoms with Gasteiger partial charge in [0.15, 0.2) is 11.2 Å². The molecule has 3 aromatic rings. The van der Waals surface area contributed by atoms with Crippen LogP contribution in [0.1, 0.15) is 5.56 Å². The number of imidazole rings is 1. The molecule has 140 valence electrons. The lowest BCUT2D eigenvalue weighted by Gasteiger charge is -2.11. The number of aromatic nitrogens is 4. The van der Waals surface area contributed by atoms with E-state index in [-0.39, 0.29) is 22.5 Å². The molecule has 11 heteroatoms. The molecule has 0 unspecified atom stereocenters. The molecule has 0 saturated heterocycles. The normalized spacial score (nSPS) is 10.9. The highest BCUT2D eigenvalue weighted by Crippen LogP contribution is 2.21. The first-order valence-electron chi connectivity index (χ1n) is 7.86. The van der Waals surface area contributed by atoms with Crippen LogP contribution >= 0.6 is 0 Å². The van der Waals surface area contributed by atoms with E-state index in [9.17, 15) is 24.5 Å². The number of carbonyl (C=O) groups is 1. The summed E-state index contributed by atoms with van der Waals surface area (Å²) in [4.78, 5) is 51.7.